The predicted octanol–water partition coefficient (Wildman–Crippen LogP) is 3.42. The highest BCUT2D eigenvalue weighted by Gasteiger charge is 2.26. The van der Waals surface area contributed by atoms with Crippen molar-refractivity contribution in [1.82, 2.24) is 4.90 Å². The molecule has 1 aromatic carbocycles. The first-order valence-electron chi connectivity index (χ1n) is 7.82. The zero-order chi connectivity index (χ0) is 15.5. The number of ether oxygens (including phenoxy) is 1. The van der Waals surface area contributed by atoms with E-state index in [0.29, 0.717) is 19.2 Å². The van der Waals surface area contributed by atoms with Crippen LogP contribution in [-0.2, 0) is 6.42 Å². The smallest absolute Gasteiger partial charge is 0.122 e. The lowest BCUT2D eigenvalue weighted by molar-refractivity contribution is 0.0520. The van der Waals surface area contributed by atoms with Crippen molar-refractivity contribution in [2.75, 3.05) is 19.7 Å². The van der Waals surface area contributed by atoms with Crippen LogP contribution in [0.4, 0.5) is 0 Å². The molecule has 0 saturated heterocycles. The van der Waals surface area contributed by atoms with Gasteiger partial charge in [-0.05, 0) is 48.9 Å². The highest BCUT2D eigenvalue weighted by atomic mass is 32.1. The molecular weight excluding hydrogens is 294 g/mol. The number of thiophene rings is 1. The molecule has 0 aliphatic carbocycles. The number of hydrogen-bond acceptors (Lipinski definition) is 4. The number of para-hydroxylation sites is 1. The van der Waals surface area contributed by atoms with Crippen molar-refractivity contribution in [2.45, 2.75) is 32.4 Å². The van der Waals surface area contributed by atoms with Crippen molar-refractivity contribution >= 4 is 11.3 Å². The summed E-state index contributed by atoms with van der Waals surface area (Å²) in [7, 11) is 0. The molecule has 2 heterocycles. The molecule has 0 saturated carbocycles. The molecule has 0 radical (unpaired) electrons. The van der Waals surface area contributed by atoms with E-state index in [2.05, 4.69) is 23.3 Å². The molecule has 22 heavy (non-hydrogen) atoms. The van der Waals surface area contributed by atoms with Crippen molar-refractivity contribution in [3.05, 3.63) is 51.7 Å². The first-order valence-corrected chi connectivity index (χ1v) is 8.70. The Balaban J connectivity index is 1.54. The fourth-order valence-corrected chi connectivity index (χ4v) is 4.00. The Kier molecular flexibility index (Phi) is 4.81. The molecule has 0 spiro atoms. The summed E-state index contributed by atoms with van der Waals surface area (Å²) in [6, 6.07) is 10.5. The highest BCUT2D eigenvalue weighted by molar-refractivity contribution is 7.10. The standard InChI is InChI=1S/C18H23NO2S/c1-13-5-3-4-6-17(13)21-12-15(20)11-19-9-7-18-16(14(19)2)8-10-22-18/h3-6,8,10,14-15,20H,7,9,11-12H2,1-2H3. The van der Waals surface area contributed by atoms with Gasteiger partial charge >= 0.3 is 0 Å². The molecule has 2 unspecified atom stereocenters. The van der Waals surface area contributed by atoms with E-state index in [4.69, 9.17) is 4.74 Å². The minimum atomic E-state index is -0.470. The molecule has 0 amide bonds. The van der Waals surface area contributed by atoms with Crippen LogP contribution in [0.3, 0.4) is 0 Å². The topological polar surface area (TPSA) is 32.7 Å². The summed E-state index contributed by atoms with van der Waals surface area (Å²) in [5.74, 6) is 0.855. The number of aliphatic hydroxyl groups is 1. The molecule has 2 atom stereocenters. The van der Waals surface area contributed by atoms with Crippen molar-refractivity contribution < 1.29 is 9.84 Å². The maximum atomic E-state index is 10.3. The van der Waals surface area contributed by atoms with Crippen LogP contribution < -0.4 is 4.74 Å². The monoisotopic (exact) mass is 317 g/mol. The number of rotatable bonds is 5. The van der Waals surface area contributed by atoms with Gasteiger partial charge in [0, 0.05) is 24.0 Å². The Morgan fingerprint density at radius 3 is 3.00 bits per heavy atom. The number of aliphatic hydroxyl groups excluding tert-OH is 1. The Hall–Kier alpha value is -1.36. The Morgan fingerprint density at radius 2 is 2.18 bits per heavy atom. The van der Waals surface area contributed by atoms with Gasteiger partial charge < -0.3 is 9.84 Å². The van der Waals surface area contributed by atoms with Crippen LogP contribution in [0.2, 0.25) is 0 Å². The van der Waals surface area contributed by atoms with Gasteiger partial charge in [-0.2, -0.15) is 0 Å². The molecule has 0 fully saturated rings. The van der Waals surface area contributed by atoms with E-state index in [1.54, 1.807) is 0 Å². The molecule has 118 valence electrons. The molecule has 2 aromatic rings. The van der Waals surface area contributed by atoms with Crippen LogP contribution in [0.5, 0.6) is 5.75 Å². The van der Waals surface area contributed by atoms with E-state index in [1.807, 2.05) is 42.5 Å². The summed E-state index contributed by atoms with van der Waals surface area (Å²) in [6.45, 7) is 6.25. The normalized spacial score (nSPS) is 19.7. The highest BCUT2D eigenvalue weighted by Crippen LogP contribution is 2.32. The zero-order valence-corrected chi connectivity index (χ0v) is 14.0. The molecule has 3 rings (SSSR count). The fraction of sp³-hybridized carbons (Fsp3) is 0.444. The van der Waals surface area contributed by atoms with E-state index in [1.165, 1.54) is 10.4 Å². The van der Waals surface area contributed by atoms with Crippen LogP contribution in [0.1, 0.15) is 29.0 Å². The maximum absolute atomic E-state index is 10.3. The molecule has 3 nitrogen and oxygen atoms in total. The number of nitrogens with zero attached hydrogens (tertiary/aromatic N) is 1. The van der Waals surface area contributed by atoms with Crippen LogP contribution >= 0.6 is 11.3 Å². The lowest BCUT2D eigenvalue weighted by Crippen LogP contribution is -2.40. The minimum Gasteiger partial charge on any atom is -0.491 e. The lowest BCUT2D eigenvalue weighted by Gasteiger charge is -2.34. The van der Waals surface area contributed by atoms with Gasteiger partial charge in [0.2, 0.25) is 0 Å². The third-order valence-electron chi connectivity index (χ3n) is 4.37. The number of β-amino-alcohol motifs (C(OH)–C–C–N with tert-alkyl or cyclic N) is 1. The summed E-state index contributed by atoms with van der Waals surface area (Å²) in [5.41, 5.74) is 2.52. The Labute approximate surface area is 136 Å². The summed E-state index contributed by atoms with van der Waals surface area (Å²) in [4.78, 5) is 3.84. The van der Waals surface area contributed by atoms with Gasteiger partial charge in [0.25, 0.3) is 0 Å². The van der Waals surface area contributed by atoms with Crippen molar-refractivity contribution in [1.29, 1.82) is 0 Å². The van der Waals surface area contributed by atoms with E-state index in [-0.39, 0.29) is 0 Å². The summed E-state index contributed by atoms with van der Waals surface area (Å²) >= 11 is 1.85. The second-order valence-electron chi connectivity index (χ2n) is 5.95. The van der Waals surface area contributed by atoms with Gasteiger partial charge in [-0.3, -0.25) is 4.90 Å². The summed E-state index contributed by atoms with van der Waals surface area (Å²) in [5, 5.41) is 12.5. The third kappa shape index (κ3) is 3.35. The summed E-state index contributed by atoms with van der Waals surface area (Å²) < 4.78 is 5.76. The van der Waals surface area contributed by atoms with Crippen LogP contribution in [0, 0.1) is 6.92 Å². The van der Waals surface area contributed by atoms with Crippen molar-refractivity contribution in [3.63, 3.8) is 0 Å². The minimum absolute atomic E-state index is 0.338. The predicted molar refractivity (Wildman–Crippen MR) is 90.7 cm³/mol. The quantitative estimate of drug-likeness (QED) is 0.917. The second kappa shape index (κ2) is 6.82. The van der Waals surface area contributed by atoms with Crippen LogP contribution in [0.15, 0.2) is 35.7 Å². The molecule has 1 N–H and O–H groups in total. The molecule has 1 aliphatic rings. The molecule has 1 aromatic heterocycles. The molecule has 1 aliphatic heterocycles. The largest absolute Gasteiger partial charge is 0.491 e. The van der Waals surface area contributed by atoms with Gasteiger partial charge in [-0.15, -0.1) is 11.3 Å². The molecular formula is C18H23NO2S. The van der Waals surface area contributed by atoms with E-state index in [0.717, 1.165) is 24.3 Å². The number of aryl methyl sites for hydroxylation is 1. The number of hydrogen-bond donors (Lipinski definition) is 1. The van der Waals surface area contributed by atoms with Gasteiger partial charge in [0.1, 0.15) is 18.5 Å². The zero-order valence-electron chi connectivity index (χ0n) is 13.2. The first-order chi connectivity index (χ1) is 10.6. The first kappa shape index (κ1) is 15.5. The van der Waals surface area contributed by atoms with Crippen molar-refractivity contribution in [3.8, 4) is 5.75 Å². The van der Waals surface area contributed by atoms with E-state index >= 15 is 0 Å². The summed E-state index contributed by atoms with van der Waals surface area (Å²) in [6.07, 6.45) is 0.616. The van der Waals surface area contributed by atoms with Gasteiger partial charge in [0.05, 0.1) is 0 Å². The van der Waals surface area contributed by atoms with Gasteiger partial charge in [-0.25, -0.2) is 0 Å². The van der Waals surface area contributed by atoms with Crippen LogP contribution in [-0.4, -0.2) is 35.8 Å². The number of fused-ring (bicyclic) bond motifs is 1. The Bertz CT molecular complexity index is 625. The van der Waals surface area contributed by atoms with Crippen molar-refractivity contribution in [2.24, 2.45) is 0 Å². The fourth-order valence-electron chi connectivity index (χ4n) is 3.04. The third-order valence-corrected chi connectivity index (χ3v) is 5.37. The molecule has 0 bridgehead atoms. The van der Waals surface area contributed by atoms with Crippen LogP contribution in [0.25, 0.3) is 0 Å². The van der Waals surface area contributed by atoms with Gasteiger partial charge in [0.15, 0.2) is 0 Å². The number of benzene rings is 1. The lowest BCUT2D eigenvalue weighted by atomic mass is 10.0. The second-order valence-corrected chi connectivity index (χ2v) is 6.95. The molecule has 4 heteroatoms. The SMILES string of the molecule is Cc1ccccc1OCC(O)CN1CCc2sccc2C1C. The Morgan fingerprint density at radius 1 is 1.36 bits per heavy atom. The average molecular weight is 317 g/mol. The van der Waals surface area contributed by atoms with E-state index in [9.17, 15) is 5.11 Å². The van der Waals surface area contributed by atoms with E-state index < -0.39 is 6.10 Å². The average Bonchev–Trinajstić information content (AvgIpc) is 2.99. The van der Waals surface area contributed by atoms with Gasteiger partial charge in [-0.1, -0.05) is 18.2 Å². The maximum Gasteiger partial charge on any atom is 0.122 e.